The highest BCUT2D eigenvalue weighted by atomic mass is 35.5. The molecule has 0 aliphatic heterocycles. The molecule has 0 saturated carbocycles. The van der Waals surface area contributed by atoms with Crippen LogP contribution in [-0.2, 0) is 0 Å². The van der Waals surface area contributed by atoms with Crippen LogP contribution in [0.25, 0.3) is 10.8 Å². The van der Waals surface area contributed by atoms with Gasteiger partial charge >= 0.3 is 0 Å². The Balaban J connectivity index is 1.85. The third kappa shape index (κ3) is 3.01. The van der Waals surface area contributed by atoms with Crippen LogP contribution in [0.2, 0.25) is 5.02 Å². The van der Waals surface area contributed by atoms with Crippen LogP contribution in [0.4, 0.5) is 10.1 Å². The Bertz CT molecular complexity index is 785. The molecule has 21 heavy (non-hydrogen) atoms. The lowest BCUT2D eigenvalue weighted by Gasteiger charge is -2.16. The van der Waals surface area contributed by atoms with Crippen LogP contribution in [0, 0.1) is 5.82 Å². The summed E-state index contributed by atoms with van der Waals surface area (Å²) >= 11 is 5.72. The number of fused-ring (bicyclic) bond motifs is 1. The lowest BCUT2D eigenvalue weighted by Crippen LogP contribution is -2.06. The van der Waals surface area contributed by atoms with Gasteiger partial charge in [0.05, 0.1) is 5.02 Å². The SMILES string of the molecule is CC(Nc1ccc2ccccc2c1)c1ccc(Cl)c(F)c1. The minimum absolute atomic E-state index is 0.00192. The van der Waals surface area contributed by atoms with Crippen molar-refractivity contribution in [3.8, 4) is 0 Å². The topological polar surface area (TPSA) is 12.0 Å². The van der Waals surface area contributed by atoms with E-state index in [0.717, 1.165) is 11.3 Å². The fourth-order valence-electron chi connectivity index (χ4n) is 2.39. The number of benzene rings is 3. The first-order valence-corrected chi connectivity index (χ1v) is 7.21. The van der Waals surface area contributed by atoms with Crippen LogP contribution in [0.3, 0.4) is 0 Å². The maximum absolute atomic E-state index is 13.5. The van der Waals surface area contributed by atoms with Crippen molar-refractivity contribution in [1.82, 2.24) is 0 Å². The third-order valence-electron chi connectivity index (χ3n) is 3.58. The summed E-state index contributed by atoms with van der Waals surface area (Å²) in [5.41, 5.74) is 1.88. The molecular formula is C18H15ClFN. The molecule has 3 aromatic carbocycles. The first kappa shape index (κ1) is 13.9. The first-order valence-electron chi connectivity index (χ1n) is 6.84. The summed E-state index contributed by atoms with van der Waals surface area (Å²) in [6.45, 7) is 2.00. The number of anilines is 1. The zero-order valence-electron chi connectivity index (χ0n) is 11.6. The van der Waals surface area contributed by atoms with Gasteiger partial charge in [0, 0.05) is 11.7 Å². The van der Waals surface area contributed by atoms with Gasteiger partial charge in [-0.3, -0.25) is 0 Å². The lowest BCUT2D eigenvalue weighted by molar-refractivity contribution is 0.624. The number of halogens is 2. The Morgan fingerprint density at radius 3 is 2.48 bits per heavy atom. The Hall–Kier alpha value is -2.06. The monoisotopic (exact) mass is 299 g/mol. The predicted molar refractivity (Wildman–Crippen MR) is 87.4 cm³/mol. The van der Waals surface area contributed by atoms with Crippen molar-refractivity contribution < 1.29 is 4.39 Å². The second-order valence-electron chi connectivity index (χ2n) is 5.10. The molecule has 106 valence electrons. The average molecular weight is 300 g/mol. The van der Waals surface area contributed by atoms with Crippen molar-refractivity contribution in [3.63, 3.8) is 0 Å². The van der Waals surface area contributed by atoms with Gasteiger partial charge in [0.2, 0.25) is 0 Å². The van der Waals surface area contributed by atoms with Crippen molar-refractivity contribution in [1.29, 1.82) is 0 Å². The van der Waals surface area contributed by atoms with Gasteiger partial charge in [0.25, 0.3) is 0 Å². The molecule has 0 aromatic heterocycles. The molecule has 1 N–H and O–H groups in total. The summed E-state index contributed by atoms with van der Waals surface area (Å²) < 4.78 is 13.5. The van der Waals surface area contributed by atoms with Crippen LogP contribution in [-0.4, -0.2) is 0 Å². The molecule has 3 rings (SSSR count). The number of hydrogen-bond donors (Lipinski definition) is 1. The zero-order valence-corrected chi connectivity index (χ0v) is 12.4. The van der Waals surface area contributed by atoms with Crippen molar-refractivity contribution in [2.45, 2.75) is 13.0 Å². The minimum atomic E-state index is -0.388. The van der Waals surface area contributed by atoms with Crippen LogP contribution in [0.15, 0.2) is 60.7 Å². The van der Waals surface area contributed by atoms with Crippen molar-refractivity contribution >= 4 is 28.1 Å². The van der Waals surface area contributed by atoms with E-state index >= 15 is 0 Å². The smallest absolute Gasteiger partial charge is 0.142 e. The molecule has 0 amide bonds. The van der Waals surface area contributed by atoms with Crippen LogP contribution in [0.1, 0.15) is 18.5 Å². The van der Waals surface area contributed by atoms with E-state index in [2.05, 4.69) is 29.6 Å². The average Bonchev–Trinajstić information content (AvgIpc) is 2.50. The first-order chi connectivity index (χ1) is 10.1. The van der Waals surface area contributed by atoms with Gasteiger partial charge < -0.3 is 5.32 Å². The molecule has 1 nitrogen and oxygen atoms in total. The number of rotatable bonds is 3. The Kier molecular flexibility index (Phi) is 3.80. The standard InChI is InChI=1S/C18H15ClFN/c1-12(14-7-9-17(19)18(20)11-14)21-16-8-6-13-4-2-3-5-15(13)10-16/h2-12,21H,1H3. The molecule has 1 atom stereocenters. The van der Waals surface area contributed by atoms with Gasteiger partial charge in [-0.15, -0.1) is 0 Å². The number of nitrogens with one attached hydrogen (secondary N) is 1. The van der Waals surface area contributed by atoms with E-state index in [9.17, 15) is 4.39 Å². The molecule has 0 bridgehead atoms. The van der Waals surface area contributed by atoms with Crippen LogP contribution >= 0.6 is 11.6 Å². The van der Waals surface area contributed by atoms with E-state index in [-0.39, 0.29) is 16.9 Å². The third-order valence-corrected chi connectivity index (χ3v) is 3.88. The highest BCUT2D eigenvalue weighted by Crippen LogP contribution is 2.25. The molecule has 3 heteroatoms. The summed E-state index contributed by atoms with van der Waals surface area (Å²) in [4.78, 5) is 0. The molecule has 0 aliphatic rings. The van der Waals surface area contributed by atoms with Crippen LogP contribution in [0.5, 0.6) is 0 Å². The largest absolute Gasteiger partial charge is 0.379 e. The van der Waals surface area contributed by atoms with E-state index in [1.165, 1.54) is 16.8 Å². The summed E-state index contributed by atoms with van der Waals surface area (Å²) in [6, 6.07) is 19.3. The van der Waals surface area contributed by atoms with Gasteiger partial charge in [0.1, 0.15) is 5.82 Å². The molecule has 1 unspecified atom stereocenters. The maximum atomic E-state index is 13.5. The highest BCUT2D eigenvalue weighted by Gasteiger charge is 2.08. The molecule has 0 saturated heterocycles. The second kappa shape index (κ2) is 5.74. The molecule has 3 aromatic rings. The summed E-state index contributed by atoms with van der Waals surface area (Å²) in [5.74, 6) is -0.388. The van der Waals surface area contributed by atoms with E-state index in [4.69, 9.17) is 11.6 Å². The molecule has 0 aliphatic carbocycles. The molecule has 0 heterocycles. The summed E-state index contributed by atoms with van der Waals surface area (Å²) in [5, 5.41) is 5.92. The normalized spacial score (nSPS) is 12.3. The Labute approximate surface area is 128 Å². The van der Waals surface area contributed by atoms with Gasteiger partial charge in [-0.2, -0.15) is 0 Å². The van der Waals surface area contributed by atoms with E-state index in [1.807, 2.05) is 31.2 Å². The zero-order chi connectivity index (χ0) is 14.8. The molecular weight excluding hydrogens is 285 g/mol. The van der Waals surface area contributed by atoms with Crippen molar-refractivity contribution in [2.75, 3.05) is 5.32 Å². The Morgan fingerprint density at radius 2 is 1.71 bits per heavy atom. The minimum Gasteiger partial charge on any atom is -0.379 e. The molecule has 0 spiro atoms. The Morgan fingerprint density at radius 1 is 0.952 bits per heavy atom. The lowest BCUT2D eigenvalue weighted by atomic mass is 10.1. The highest BCUT2D eigenvalue weighted by molar-refractivity contribution is 6.30. The predicted octanol–water partition coefficient (Wildman–Crippen LogP) is 5.81. The fourth-order valence-corrected chi connectivity index (χ4v) is 2.51. The fraction of sp³-hybridized carbons (Fsp3) is 0.111. The van der Waals surface area contributed by atoms with E-state index < -0.39 is 0 Å². The summed E-state index contributed by atoms with van der Waals surface area (Å²) in [7, 11) is 0. The van der Waals surface area contributed by atoms with Crippen molar-refractivity contribution in [2.24, 2.45) is 0 Å². The quantitative estimate of drug-likeness (QED) is 0.644. The van der Waals surface area contributed by atoms with E-state index in [1.54, 1.807) is 6.07 Å². The maximum Gasteiger partial charge on any atom is 0.142 e. The van der Waals surface area contributed by atoms with Crippen LogP contribution < -0.4 is 5.32 Å². The van der Waals surface area contributed by atoms with Gasteiger partial charge in [-0.1, -0.05) is 48.0 Å². The molecule has 0 radical (unpaired) electrons. The van der Waals surface area contributed by atoms with Gasteiger partial charge in [-0.25, -0.2) is 4.39 Å². The van der Waals surface area contributed by atoms with E-state index in [0.29, 0.717) is 0 Å². The second-order valence-corrected chi connectivity index (χ2v) is 5.51. The summed E-state index contributed by atoms with van der Waals surface area (Å²) in [6.07, 6.45) is 0. The molecule has 0 fully saturated rings. The van der Waals surface area contributed by atoms with Crippen molar-refractivity contribution in [3.05, 3.63) is 77.1 Å². The number of hydrogen-bond acceptors (Lipinski definition) is 1. The van der Waals surface area contributed by atoms with Gasteiger partial charge in [-0.05, 0) is 47.5 Å². The van der Waals surface area contributed by atoms with Gasteiger partial charge in [0.15, 0.2) is 0 Å².